The number of hydrogen-bond donors (Lipinski definition) is 1. The lowest BCUT2D eigenvalue weighted by molar-refractivity contribution is -0.177. The van der Waals surface area contributed by atoms with Crippen LogP contribution in [0.25, 0.3) is 10.9 Å². The van der Waals surface area contributed by atoms with E-state index in [1.54, 1.807) is 0 Å². The number of nitrogens with one attached hydrogen (secondary N) is 1. The van der Waals surface area contributed by atoms with Crippen LogP contribution < -0.4 is 4.74 Å². The van der Waals surface area contributed by atoms with Crippen LogP contribution in [0.3, 0.4) is 0 Å². The van der Waals surface area contributed by atoms with Gasteiger partial charge < -0.3 is 19.2 Å². The van der Waals surface area contributed by atoms with Gasteiger partial charge in [0, 0.05) is 47.6 Å². The maximum absolute atomic E-state index is 13.4. The van der Waals surface area contributed by atoms with E-state index in [-0.39, 0.29) is 30.5 Å². The molecule has 5 heterocycles. The van der Waals surface area contributed by atoms with Crippen LogP contribution in [0.1, 0.15) is 65.4 Å². The highest BCUT2D eigenvalue weighted by molar-refractivity contribution is 6.07. The van der Waals surface area contributed by atoms with E-state index >= 15 is 0 Å². The molecule has 7 rings (SSSR count). The summed E-state index contributed by atoms with van der Waals surface area (Å²) in [5, 5.41) is 0.976. The Labute approximate surface area is 205 Å². The van der Waals surface area contributed by atoms with Crippen molar-refractivity contribution in [3.63, 3.8) is 0 Å². The predicted molar refractivity (Wildman–Crippen MR) is 133 cm³/mol. The minimum absolute atomic E-state index is 0.00940. The standard InChI is InChI=1S/C29H32N2O4/c1-18-25(28(32)33-17-24-27(34-24)19-8-3-2-4-9-19)26-21-16-20-10-7-15-31-14-6-5-13-29(20,31)35-23(21)12-11-22(26)30-18/h2-4,8-9,11-12,20,24,27,30H,5-7,10,13-17H2,1H3/t20?,24-,27-,29?/m1/s1. The lowest BCUT2D eigenvalue weighted by Crippen LogP contribution is -2.64. The van der Waals surface area contributed by atoms with Crippen LogP contribution in [0.5, 0.6) is 5.75 Å². The van der Waals surface area contributed by atoms with Crippen molar-refractivity contribution < 1.29 is 19.0 Å². The van der Waals surface area contributed by atoms with Crippen molar-refractivity contribution in [3.8, 4) is 5.75 Å². The summed E-state index contributed by atoms with van der Waals surface area (Å²) in [5.41, 5.74) is 4.59. The molecule has 1 spiro atoms. The van der Waals surface area contributed by atoms with Gasteiger partial charge in [-0.15, -0.1) is 0 Å². The van der Waals surface area contributed by atoms with E-state index < -0.39 is 0 Å². The van der Waals surface area contributed by atoms with Gasteiger partial charge in [0.1, 0.15) is 24.6 Å². The number of benzene rings is 2. The Kier molecular flexibility index (Phi) is 4.97. The molecule has 3 fully saturated rings. The third kappa shape index (κ3) is 3.41. The quantitative estimate of drug-likeness (QED) is 0.412. The molecule has 2 unspecified atom stereocenters. The van der Waals surface area contributed by atoms with Gasteiger partial charge in [0.05, 0.1) is 5.56 Å². The Morgan fingerprint density at radius 3 is 2.89 bits per heavy atom. The third-order valence-corrected chi connectivity index (χ3v) is 8.61. The van der Waals surface area contributed by atoms with Crippen LogP contribution >= 0.6 is 0 Å². The van der Waals surface area contributed by atoms with E-state index in [2.05, 4.69) is 22.0 Å². The molecule has 0 amide bonds. The monoisotopic (exact) mass is 472 g/mol. The number of nitrogens with zero attached hydrogens (tertiary/aromatic N) is 1. The van der Waals surface area contributed by atoms with E-state index in [0.29, 0.717) is 11.5 Å². The van der Waals surface area contributed by atoms with Gasteiger partial charge in [0.15, 0.2) is 5.72 Å². The topological polar surface area (TPSA) is 67.1 Å². The molecule has 2 aromatic carbocycles. The number of aryl methyl sites for hydroxylation is 1. The lowest BCUT2D eigenvalue weighted by atomic mass is 9.74. The van der Waals surface area contributed by atoms with Crippen molar-refractivity contribution >= 4 is 16.9 Å². The second-order valence-electron chi connectivity index (χ2n) is 10.6. The van der Waals surface area contributed by atoms with E-state index in [9.17, 15) is 4.79 Å². The van der Waals surface area contributed by atoms with E-state index in [0.717, 1.165) is 59.4 Å². The number of esters is 1. The van der Waals surface area contributed by atoms with Crippen molar-refractivity contribution in [2.45, 2.75) is 63.4 Å². The average molecular weight is 473 g/mol. The highest BCUT2D eigenvalue weighted by Gasteiger charge is 2.52. The fraction of sp³-hybridized carbons (Fsp3) is 0.483. The molecule has 4 aliphatic rings. The molecule has 0 radical (unpaired) electrons. The van der Waals surface area contributed by atoms with Crippen molar-refractivity contribution in [1.82, 2.24) is 9.88 Å². The maximum atomic E-state index is 13.4. The Balaban J connectivity index is 1.17. The number of ether oxygens (including phenoxy) is 3. The first kappa shape index (κ1) is 21.5. The molecule has 0 bridgehead atoms. The van der Waals surface area contributed by atoms with Gasteiger partial charge in [0.25, 0.3) is 0 Å². The number of fused-ring (bicyclic) bond motifs is 3. The number of aromatic amines is 1. The van der Waals surface area contributed by atoms with Crippen LogP contribution in [0.2, 0.25) is 0 Å². The predicted octanol–water partition coefficient (Wildman–Crippen LogP) is 5.30. The van der Waals surface area contributed by atoms with Gasteiger partial charge in [-0.25, -0.2) is 4.79 Å². The van der Waals surface area contributed by atoms with Gasteiger partial charge in [-0.3, -0.25) is 4.90 Å². The SMILES string of the molecule is Cc1[nH]c2ccc3c(c2c1C(=O)OC[C@H]1O[C@@H]1c1ccccc1)CC1CCCN2CCCCC12O3. The minimum Gasteiger partial charge on any atom is -0.472 e. The summed E-state index contributed by atoms with van der Waals surface area (Å²) in [5.74, 6) is 1.11. The molecule has 1 N–H and O–H groups in total. The van der Waals surface area contributed by atoms with Crippen molar-refractivity contribution in [2.75, 3.05) is 19.7 Å². The Bertz CT molecular complexity index is 1280. The van der Waals surface area contributed by atoms with Gasteiger partial charge in [0.2, 0.25) is 0 Å². The summed E-state index contributed by atoms with van der Waals surface area (Å²) in [7, 11) is 0. The number of H-pyrrole nitrogens is 1. The van der Waals surface area contributed by atoms with Gasteiger partial charge in [-0.05, 0) is 56.7 Å². The van der Waals surface area contributed by atoms with Crippen LogP contribution in [-0.2, 0) is 15.9 Å². The second kappa shape index (κ2) is 8.10. The van der Waals surface area contributed by atoms with Crippen LogP contribution in [-0.4, -0.2) is 47.4 Å². The molecule has 0 aliphatic carbocycles. The summed E-state index contributed by atoms with van der Waals surface area (Å²) in [6.45, 7) is 4.47. The zero-order valence-corrected chi connectivity index (χ0v) is 20.2. The summed E-state index contributed by atoms with van der Waals surface area (Å²) in [6.07, 6.45) is 6.84. The summed E-state index contributed by atoms with van der Waals surface area (Å²) >= 11 is 0. The number of piperidine rings is 2. The van der Waals surface area contributed by atoms with Crippen molar-refractivity contribution in [2.24, 2.45) is 5.92 Å². The molecule has 35 heavy (non-hydrogen) atoms. The molecule has 182 valence electrons. The number of epoxide rings is 1. The lowest BCUT2D eigenvalue weighted by Gasteiger charge is -2.56. The van der Waals surface area contributed by atoms with Crippen LogP contribution in [0.15, 0.2) is 42.5 Å². The number of carbonyl (C=O) groups excluding carboxylic acids is 1. The Morgan fingerprint density at radius 2 is 2.00 bits per heavy atom. The Hall–Kier alpha value is -2.83. The average Bonchev–Trinajstić information content (AvgIpc) is 3.58. The smallest absolute Gasteiger partial charge is 0.340 e. The molecule has 6 nitrogen and oxygen atoms in total. The largest absolute Gasteiger partial charge is 0.472 e. The Morgan fingerprint density at radius 1 is 1.14 bits per heavy atom. The summed E-state index contributed by atoms with van der Waals surface area (Å²) in [4.78, 5) is 19.4. The van der Waals surface area contributed by atoms with Crippen LogP contribution in [0, 0.1) is 12.8 Å². The normalized spacial score (nSPS) is 29.6. The molecule has 1 aromatic heterocycles. The molecule has 3 saturated heterocycles. The van der Waals surface area contributed by atoms with E-state index in [1.165, 1.54) is 25.7 Å². The van der Waals surface area contributed by atoms with Gasteiger partial charge in [-0.2, -0.15) is 0 Å². The molecular formula is C29H32N2O4. The third-order valence-electron chi connectivity index (χ3n) is 8.61. The number of aromatic nitrogens is 1. The van der Waals surface area contributed by atoms with Crippen molar-refractivity contribution in [3.05, 3.63) is 64.8 Å². The first-order valence-corrected chi connectivity index (χ1v) is 13.1. The molecule has 0 saturated carbocycles. The number of hydrogen-bond acceptors (Lipinski definition) is 5. The molecule has 4 atom stereocenters. The number of rotatable bonds is 4. The first-order chi connectivity index (χ1) is 17.1. The molecular weight excluding hydrogens is 440 g/mol. The number of carbonyl (C=O) groups is 1. The van der Waals surface area contributed by atoms with Crippen LogP contribution in [0.4, 0.5) is 0 Å². The maximum Gasteiger partial charge on any atom is 0.340 e. The summed E-state index contributed by atoms with van der Waals surface area (Å²) < 4.78 is 18.5. The van der Waals surface area contributed by atoms with E-state index in [4.69, 9.17) is 14.2 Å². The highest BCUT2D eigenvalue weighted by Crippen LogP contribution is 2.50. The fourth-order valence-electron chi connectivity index (χ4n) is 6.90. The first-order valence-electron chi connectivity index (χ1n) is 13.1. The van der Waals surface area contributed by atoms with Gasteiger partial charge in [-0.1, -0.05) is 30.3 Å². The van der Waals surface area contributed by atoms with E-state index in [1.807, 2.05) is 37.3 Å². The second-order valence-corrected chi connectivity index (χ2v) is 10.6. The molecule has 6 heteroatoms. The highest BCUT2D eigenvalue weighted by atomic mass is 16.6. The van der Waals surface area contributed by atoms with Crippen molar-refractivity contribution in [1.29, 1.82) is 0 Å². The molecule has 3 aromatic rings. The zero-order chi connectivity index (χ0) is 23.6. The fourth-order valence-corrected chi connectivity index (χ4v) is 6.90. The van der Waals surface area contributed by atoms with Gasteiger partial charge >= 0.3 is 5.97 Å². The summed E-state index contributed by atoms with van der Waals surface area (Å²) in [6, 6.07) is 14.2. The minimum atomic E-state index is -0.285. The zero-order valence-electron chi connectivity index (χ0n) is 20.2. The molecule has 4 aliphatic heterocycles.